The summed E-state index contributed by atoms with van der Waals surface area (Å²) >= 11 is 11.5. The quantitative estimate of drug-likeness (QED) is 0.713. The van der Waals surface area contributed by atoms with Crippen molar-refractivity contribution in [3.8, 4) is 5.75 Å². The van der Waals surface area contributed by atoms with Gasteiger partial charge in [0.2, 0.25) is 0 Å². The predicted molar refractivity (Wildman–Crippen MR) is 76.5 cm³/mol. The molecular weight excluding hydrogens is 286 g/mol. The minimum absolute atomic E-state index is 0.112. The molecule has 4 heteroatoms. The second-order valence-corrected chi connectivity index (χ2v) is 4.96. The van der Waals surface area contributed by atoms with E-state index in [0.717, 1.165) is 22.4 Å². The van der Waals surface area contributed by atoms with E-state index in [2.05, 4.69) is 0 Å². The summed E-state index contributed by atoms with van der Waals surface area (Å²) in [5.74, 6) is 0.659. The molecule has 0 saturated heterocycles. The second kappa shape index (κ2) is 6.27. The molecule has 0 aliphatic carbocycles. The van der Waals surface area contributed by atoms with E-state index in [1.165, 1.54) is 12.1 Å². The summed E-state index contributed by atoms with van der Waals surface area (Å²) < 4.78 is 19.0. The van der Waals surface area contributed by atoms with Crippen LogP contribution in [0.4, 0.5) is 4.39 Å². The number of halogens is 3. The molecule has 0 fully saturated rings. The lowest BCUT2D eigenvalue weighted by Crippen LogP contribution is -1.99. The number of ether oxygens (including phenoxy) is 1. The van der Waals surface area contributed by atoms with E-state index in [1.807, 2.05) is 25.1 Å². The van der Waals surface area contributed by atoms with Crippen molar-refractivity contribution in [3.63, 3.8) is 0 Å². The van der Waals surface area contributed by atoms with Crippen molar-refractivity contribution in [2.45, 2.75) is 19.4 Å². The van der Waals surface area contributed by atoms with Crippen molar-refractivity contribution in [3.05, 3.63) is 63.9 Å². The van der Waals surface area contributed by atoms with Crippen LogP contribution >= 0.6 is 23.2 Å². The van der Waals surface area contributed by atoms with E-state index in [9.17, 15) is 4.39 Å². The number of hydrogen-bond donors (Lipinski definition) is 0. The Hall–Kier alpha value is -1.25. The fourth-order valence-corrected chi connectivity index (χ4v) is 2.07. The van der Waals surface area contributed by atoms with Crippen molar-refractivity contribution in [2.24, 2.45) is 0 Å². The van der Waals surface area contributed by atoms with Gasteiger partial charge in [-0.3, -0.25) is 0 Å². The first-order valence-electron chi connectivity index (χ1n) is 5.82. The van der Waals surface area contributed by atoms with Crippen LogP contribution in [-0.4, -0.2) is 0 Å². The minimum Gasteiger partial charge on any atom is -0.489 e. The molecule has 0 aliphatic heterocycles. The molecule has 0 heterocycles. The van der Waals surface area contributed by atoms with Crippen molar-refractivity contribution in [1.29, 1.82) is 0 Å². The lowest BCUT2D eigenvalue weighted by Gasteiger charge is -2.11. The average Bonchev–Trinajstić information content (AvgIpc) is 2.41. The summed E-state index contributed by atoms with van der Waals surface area (Å²) in [4.78, 5) is 0. The van der Waals surface area contributed by atoms with Crippen LogP contribution in [0.3, 0.4) is 0 Å². The fraction of sp³-hybridized carbons (Fsp3) is 0.200. The van der Waals surface area contributed by atoms with Gasteiger partial charge < -0.3 is 4.74 Å². The smallest absolute Gasteiger partial charge is 0.142 e. The van der Waals surface area contributed by atoms with Gasteiger partial charge in [0.15, 0.2) is 0 Å². The molecule has 0 unspecified atom stereocenters. The summed E-state index contributed by atoms with van der Waals surface area (Å²) in [6.45, 7) is 2.27. The number of rotatable bonds is 4. The standard InChI is InChI=1S/C15H13Cl2FO/c1-10-2-5-15(12(6-10)8-16)19-9-11-3-4-13(17)14(18)7-11/h2-7H,8-9H2,1H3. The third-order valence-corrected chi connectivity index (χ3v) is 3.33. The van der Waals surface area contributed by atoms with E-state index in [1.54, 1.807) is 6.07 Å². The number of alkyl halides is 1. The summed E-state index contributed by atoms with van der Waals surface area (Å²) in [6, 6.07) is 10.4. The van der Waals surface area contributed by atoms with Gasteiger partial charge in [0.25, 0.3) is 0 Å². The molecule has 0 spiro atoms. The molecule has 19 heavy (non-hydrogen) atoms. The van der Waals surface area contributed by atoms with Crippen LogP contribution in [0.25, 0.3) is 0 Å². The molecule has 0 aromatic heterocycles. The molecule has 0 aliphatic rings. The Morgan fingerprint density at radius 3 is 2.63 bits per heavy atom. The maximum Gasteiger partial charge on any atom is 0.142 e. The van der Waals surface area contributed by atoms with Gasteiger partial charge in [0.1, 0.15) is 18.2 Å². The molecule has 1 nitrogen and oxygen atoms in total. The lowest BCUT2D eigenvalue weighted by molar-refractivity contribution is 0.303. The van der Waals surface area contributed by atoms with Gasteiger partial charge in [-0.1, -0.05) is 35.4 Å². The molecule has 0 saturated carbocycles. The maximum atomic E-state index is 13.3. The Bertz CT molecular complexity index is 584. The van der Waals surface area contributed by atoms with Crippen LogP contribution in [0.1, 0.15) is 16.7 Å². The Morgan fingerprint density at radius 1 is 1.16 bits per heavy atom. The van der Waals surface area contributed by atoms with Crippen LogP contribution in [0.5, 0.6) is 5.75 Å². The van der Waals surface area contributed by atoms with Crippen molar-refractivity contribution < 1.29 is 9.13 Å². The van der Waals surface area contributed by atoms with Gasteiger partial charge in [0.05, 0.1) is 10.9 Å². The lowest BCUT2D eigenvalue weighted by atomic mass is 10.1. The fourth-order valence-electron chi connectivity index (χ4n) is 1.74. The highest BCUT2D eigenvalue weighted by molar-refractivity contribution is 6.30. The Kier molecular flexibility index (Phi) is 4.67. The Labute approximate surface area is 121 Å². The van der Waals surface area contributed by atoms with Gasteiger partial charge in [-0.15, -0.1) is 11.6 Å². The third kappa shape index (κ3) is 3.62. The van der Waals surface area contributed by atoms with Gasteiger partial charge >= 0.3 is 0 Å². The topological polar surface area (TPSA) is 9.23 Å². The van der Waals surface area contributed by atoms with Gasteiger partial charge in [0, 0.05) is 5.56 Å². The SMILES string of the molecule is Cc1ccc(OCc2ccc(Cl)c(F)c2)c(CCl)c1. The molecule has 0 N–H and O–H groups in total. The molecule has 0 bridgehead atoms. The highest BCUT2D eigenvalue weighted by Crippen LogP contribution is 2.23. The first-order chi connectivity index (χ1) is 9.10. The first kappa shape index (κ1) is 14.2. The van der Waals surface area contributed by atoms with Gasteiger partial charge in [-0.2, -0.15) is 0 Å². The minimum atomic E-state index is -0.441. The number of aryl methyl sites for hydroxylation is 1. The first-order valence-corrected chi connectivity index (χ1v) is 6.73. The van der Waals surface area contributed by atoms with E-state index >= 15 is 0 Å². The number of hydrogen-bond acceptors (Lipinski definition) is 1. The van der Waals surface area contributed by atoms with Crippen molar-refractivity contribution in [2.75, 3.05) is 0 Å². The summed E-state index contributed by atoms with van der Waals surface area (Å²) in [6.07, 6.45) is 0. The normalized spacial score (nSPS) is 10.5. The molecule has 2 aromatic carbocycles. The Morgan fingerprint density at radius 2 is 1.95 bits per heavy atom. The summed E-state index contributed by atoms with van der Waals surface area (Å²) in [5.41, 5.74) is 2.78. The monoisotopic (exact) mass is 298 g/mol. The van der Waals surface area contributed by atoms with Gasteiger partial charge in [-0.25, -0.2) is 4.39 Å². The maximum absolute atomic E-state index is 13.3. The largest absolute Gasteiger partial charge is 0.489 e. The number of benzene rings is 2. The molecule has 0 atom stereocenters. The molecule has 0 amide bonds. The molecular formula is C15H13Cl2FO. The van der Waals surface area contributed by atoms with E-state index < -0.39 is 5.82 Å². The van der Waals surface area contributed by atoms with Crippen LogP contribution in [0.15, 0.2) is 36.4 Å². The molecule has 2 rings (SSSR count). The third-order valence-electron chi connectivity index (χ3n) is 2.74. The molecule has 2 aromatic rings. The zero-order valence-electron chi connectivity index (χ0n) is 10.4. The average molecular weight is 299 g/mol. The molecule has 100 valence electrons. The van der Waals surface area contributed by atoms with Crippen LogP contribution in [0, 0.1) is 12.7 Å². The summed E-state index contributed by atoms with van der Waals surface area (Å²) in [7, 11) is 0. The molecule has 0 radical (unpaired) electrons. The van der Waals surface area contributed by atoms with Crippen molar-refractivity contribution in [1.82, 2.24) is 0 Å². The highest BCUT2D eigenvalue weighted by Gasteiger charge is 2.05. The second-order valence-electron chi connectivity index (χ2n) is 4.28. The summed E-state index contributed by atoms with van der Waals surface area (Å²) in [5, 5.41) is 0.112. The van der Waals surface area contributed by atoms with Gasteiger partial charge in [-0.05, 0) is 30.7 Å². The van der Waals surface area contributed by atoms with Crippen LogP contribution < -0.4 is 4.74 Å². The highest BCUT2D eigenvalue weighted by atomic mass is 35.5. The van der Waals surface area contributed by atoms with Crippen molar-refractivity contribution >= 4 is 23.2 Å². The van der Waals surface area contributed by atoms with E-state index in [-0.39, 0.29) is 11.6 Å². The zero-order chi connectivity index (χ0) is 13.8. The van der Waals surface area contributed by atoms with E-state index in [0.29, 0.717) is 5.88 Å². The zero-order valence-corrected chi connectivity index (χ0v) is 11.9. The van der Waals surface area contributed by atoms with Crippen LogP contribution in [-0.2, 0) is 12.5 Å². The van der Waals surface area contributed by atoms with Crippen LogP contribution in [0.2, 0.25) is 5.02 Å². The van der Waals surface area contributed by atoms with E-state index in [4.69, 9.17) is 27.9 Å². The Balaban J connectivity index is 2.12. The predicted octanol–water partition coefficient (Wildman–Crippen LogP) is 5.11.